The zero-order valence-corrected chi connectivity index (χ0v) is 58.1. The van der Waals surface area contributed by atoms with Crippen molar-refractivity contribution in [3.63, 3.8) is 0 Å². The zero-order chi connectivity index (χ0) is 61.7. The van der Waals surface area contributed by atoms with Crippen LogP contribution < -0.4 is 16.0 Å². The van der Waals surface area contributed by atoms with Crippen molar-refractivity contribution >= 4 is 84.2 Å². The number of halogens is 1. The zero-order valence-electron chi connectivity index (χ0n) is 54.9. The number of para-hydroxylation sites is 3. The van der Waals surface area contributed by atoms with Gasteiger partial charge in [-0.15, -0.1) is 0 Å². The molecule has 11 heteroatoms. The molecule has 85 heavy (non-hydrogen) atoms. The van der Waals surface area contributed by atoms with Gasteiger partial charge in [-0.05, 0) is 166 Å². The fourth-order valence-corrected chi connectivity index (χ4v) is 18.0. The minimum atomic E-state index is -0.264. The molecule has 476 valence electrons. The average molecular weight is 1240 g/mol. The Morgan fingerprint density at radius 2 is 0.741 bits per heavy atom. The van der Waals surface area contributed by atoms with Crippen LogP contribution in [-0.2, 0) is 19.2 Å². The number of benzene rings is 3. The summed E-state index contributed by atoms with van der Waals surface area (Å²) in [5, 5.41) is 10.7. The van der Waals surface area contributed by atoms with Crippen LogP contribution in [-0.4, -0.2) is 28.7 Å². The highest BCUT2D eigenvalue weighted by atomic mass is 35.5. The van der Waals surface area contributed by atoms with Crippen LogP contribution in [0.25, 0.3) is 0 Å². The maximum Gasteiger partial charge on any atom is 0.230 e. The molecule has 4 fully saturated rings. The number of hydrogen-bond donors (Lipinski definition) is 3. The second kappa shape index (κ2) is 37.9. The largest absolute Gasteiger partial charge is 0.384 e. The summed E-state index contributed by atoms with van der Waals surface area (Å²) in [5.41, 5.74) is 2.63. The maximum absolute atomic E-state index is 14.0. The van der Waals surface area contributed by atoms with Crippen molar-refractivity contribution in [3.8, 4) is 0 Å². The molecule has 0 spiro atoms. The van der Waals surface area contributed by atoms with Gasteiger partial charge >= 0.3 is 0 Å². The Morgan fingerprint density at radius 1 is 0.424 bits per heavy atom. The lowest BCUT2D eigenvalue weighted by Crippen LogP contribution is -2.39. The molecule has 2 amide bonds. The molecular formula is C74H116ClN3O4S3. The van der Waals surface area contributed by atoms with Gasteiger partial charge in [-0.1, -0.05) is 256 Å². The third-order valence-corrected chi connectivity index (χ3v) is 25.0. The topological polar surface area (TPSA) is 104 Å². The van der Waals surface area contributed by atoms with Crippen molar-refractivity contribution in [3.05, 3.63) is 72.8 Å². The molecular weight excluding hydrogens is 1130 g/mol. The second-order valence-electron chi connectivity index (χ2n) is 26.9. The highest BCUT2D eigenvalue weighted by Gasteiger charge is 2.43. The van der Waals surface area contributed by atoms with E-state index in [9.17, 15) is 19.2 Å². The number of amides is 2. The van der Waals surface area contributed by atoms with E-state index in [1.165, 1.54) is 108 Å². The summed E-state index contributed by atoms with van der Waals surface area (Å²) in [6.45, 7) is 23.1. The van der Waals surface area contributed by atoms with Gasteiger partial charge in [0.1, 0.15) is 0 Å². The molecule has 0 bridgehead atoms. The van der Waals surface area contributed by atoms with Crippen LogP contribution in [0.5, 0.6) is 0 Å². The molecule has 0 heterocycles. The quantitative estimate of drug-likeness (QED) is 0.0359. The SMILES string of the molecule is CCC(CC)CC1(C(=O)Cl)CCCCC1.CCC(CC)CC1(C(=O)Nc2ccccc2SSc2ccccc2NC(=O)C2(CC(CC)CC)CCCCC2)CCCCC1.CCC(CC)CC1(CNc2ccccc2SC(=O)C(C)C)CCCCC1. The Bertz CT molecular complexity index is 2330. The number of carbonyl (C=O) groups excluding carboxylic acids is 4. The first kappa shape index (κ1) is 72.8. The summed E-state index contributed by atoms with van der Waals surface area (Å²) in [4.78, 5) is 55.0. The standard InChI is InChI=1S/C38H56N2O2S2.C23H37NOS.C13H23ClO/c1-5-29(6-2)27-37(23-15-9-16-24-37)35(41)39-31-19-11-13-21-33(31)43-44-34-22-14-12-20-32(34)40-36(42)38(25-17-10-18-26-38)28-30(7-3)8-4;1-5-19(6-2)16-23(14-10-7-11-15-23)17-24-20-12-8-9-13-21(20)26-22(25)18(3)4;1-3-11(4-2)10-13(12(14)15)8-6-5-7-9-13/h11-14,19-22,29-30H,5-10,15-18,23-28H2,1-4H3,(H,39,41)(H,40,42);8-9,12-13,18-19,24H,5-7,10-11,14-17H2,1-4H3;11H,3-10H2,1-2H3. The predicted octanol–water partition coefficient (Wildman–Crippen LogP) is 23.6. The van der Waals surface area contributed by atoms with Gasteiger partial charge in [0.05, 0.1) is 11.4 Å². The molecule has 0 atom stereocenters. The highest BCUT2D eigenvalue weighted by molar-refractivity contribution is 8.76. The molecule has 0 radical (unpaired) electrons. The molecule has 3 N–H and O–H groups in total. The van der Waals surface area contributed by atoms with E-state index >= 15 is 0 Å². The van der Waals surface area contributed by atoms with Crippen molar-refractivity contribution in [1.29, 1.82) is 0 Å². The second-order valence-corrected chi connectivity index (χ2v) is 30.5. The summed E-state index contributed by atoms with van der Waals surface area (Å²) in [6.07, 6.45) is 37.2. The van der Waals surface area contributed by atoms with E-state index in [1.54, 1.807) is 21.6 Å². The summed E-state index contributed by atoms with van der Waals surface area (Å²) in [6, 6.07) is 24.7. The number of hydrogen-bond acceptors (Lipinski definition) is 8. The van der Waals surface area contributed by atoms with Crippen molar-refractivity contribution in [1.82, 2.24) is 0 Å². The molecule has 0 aliphatic heterocycles. The molecule has 7 nitrogen and oxygen atoms in total. The minimum absolute atomic E-state index is 0.0626. The number of carbonyl (C=O) groups is 4. The third kappa shape index (κ3) is 22.2. The van der Waals surface area contributed by atoms with Gasteiger partial charge < -0.3 is 16.0 Å². The van der Waals surface area contributed by atoms with Crippen molar-refractivity contribution in [2.24, 2.45) is 51.2 Å². The molecule has 4 aliphatic carbocycles. The van der Waals surface area contributed by atoms with E-state index in [2.05, 4.69) is 102 Å². The minimum Gasteiger partial charge on any atom is -0.384 e. The van der Waals surface area contributed by atoms with Crippen LogP contribution >= 0.6 is 45.0 Å². The number of rotatable bonds is 29. The van der Waals surface area contributed by atoms with Crippen LogP contribution in [0.4, 0.5) is 17.1 Å². The molecule has 3 aromatic rings. The summed E-state index contributed by atoms with van der Waals surface area (Å²) in [5.74, 6) is 3.15. The molecule has 4 saturated carbocycles. The first-order valence-corrected chi connectivity index (χ1v) is 37.8. The van der Waals surface area contributed by atoms with E-state index < -0.39 is 0 Å². The molecule has 3 aromatic carbocycles. The van der Waals surface area contributed by atoms with Crippen LogP contribution in [0.15, 0.2) is 87.5 Å². The van der Waals surface area contributed by atoms with Crippen LogP contribution in [0.2, 0.25) is 0 Å². The Hall–Kier alpha value is -2.92. The van der Waals surface area contributed by atoms with Crippen LogP contribution in [0, 0.1) is 51.2 Å². The number of anilines is 3. The van der Waals surface area contributed by atoms with E-state index in [0.29, 0.717) is 23.2 Å². The smallest absolute Gasteiger partial charge is 0.230 e. The molecule has 0 saturated heterocycles. The summed E-state index contributed by atoms with van der Waals surface area (Å²) >= 11 is 7.22. The van der Waals surface area contributed by atoms with Crippen LogP contribution in [0.1, 0.15) is 275 Å². The fourth-order valence-electron chi connectivity index (χ4n) is 14.6. The average Bonchev–Trinajstić information content (AvgIpc) is 3.68. The lowest BCUT2D eigenvalue weighted by molar-refractivity contribution is -0.129. The normalized spacial score (nSPS) is 18.0. The van der Waals surface area contributed by atoms with Crippen molar-refractivity contribution in [2.75, 3.05) is 22.5 Å². The van der Waals surface area contributed by atoms with E-state index in [1.807, 2.05) is 56.3 Å². The Balaban J connectivity index is 0.000000270. The number of nitrogens with one attached hydrogen (secondary N) is 3. The first-order chi connectivity index (χ1) is 41.0. The number of thioether (sulfide) groups is 1. The van der Waals surface area contributed by atoms with Crippen molar-refractivity contribution < 1.29 is 19.2 Å². The monoisotopic (exact) mass is 1240 g/mol. The summed E-state index contributed by atoms with van der Waals surface area (Å²) < 4.78 is 0. The highest BCUT2D eigenvalue weighted by Crippen LogP contribution is 2.50. The van der Waals surface area contributed by atoms with Crippen molar-refractivity contribution in [2.45, 2.75) is 289 Å². The predicted molar refractivity (Wildman–Crippen MR) is 370 cm³/mol. The van der Waals surface area contributed by atoms with Crippen LogP contribution in [0.3, 0.4) is 0 Å². The van der Waals surface area contributed by atoms with Gasteiger partial charge in [0.2, 0.25) is 17.1 Å². The Kier molecular flexibility index (Phi) is 32.5. The molecule has 4 aliphatic rings. The fraction of sp³-hybridized carbons (Fsp3) is 0.703. The van der Waals surface area contributed by atoms with Gasteiger partial charge in [0, 0.05) is 49.1 Å². The van der Waals surface area contributed by atoms with Gasteiger partial charge in [-0.25, -0.2) is 0 Å². The van der Waals surface area contributed by atoms with E-state index in [-0.39, 0.29) is 44.3 Å². The third-order valence-electron chi connectivity index (χ3n) is 20.8. The molecule has 7 rings (SSSR count). The lowest BCUT2D eigenvalue weighted by atomic mass is 9.67. The van der Waals surface area contributed by atoms with E-state index in [4.69, 9.17) is 11.6 Å². The van der Waals surface area contributed by atoms with Gasteiger partial charge in [-0.3, -0.25) is 19.2 Å². The van der Waals surface area contributed by atoms with Gasteiger partial charge in [-0.2, -0.15) is 0 Å². The Labute approximate surface area is 535 Å². The molecule has 0 aromatic heterocycles. The lowest BCUT2D eigenvalue weighted by Gasteiger charge is -2.40. The van der Waals surface area contributed by atoms with E-state index in [0.717, 1.165) is 153 Å². The Morgan fingerprint density at radius 3 is 1.11 bits per heavy atom. The van der Waals surface area contributed by atoms with Gasteiger partial charge in [0.25, 0.3) is 0 Å². The van der Waals surface area contributed by atoms with Gasteiger partial charge in [0.15, 0.2) is 5.12 Å². The first-order valence-electron chi connectivity index (χ1n) is 34.4. The maximum atomic E-state index is 14.0. The summed E-state index contributed by atoms with van der Waals surface area (Å²) in [7, 11) is 3.31. The molecule has 0 unspecified atom stereocenters.